The van der Waals surface area contributed by atoms with Crippen LogP contribution < -0.4 is 0 Å². The van der Waals surface area contributed by atoms with Crippen LogP contribution in [0.2, 0.25) is 5.02 Å². The summed E-state index contributed by atoms with van der Waals surface area (Å²) in [7, 11) is 0. The van der Waals surface area contributed by atoms with Gasteiger partial charge in [-0.05, 0) is 53.2 Å². The fourth-order valence-electron chi connectivity index (χ4n) is 4.02. The van der Waals surface area contributed by atoms with Crippen molar-refractivity contribution in [2.24, 2.45) is 0 Å². The molecule has 2 nitrogen and oxygen atoms in total. The third-order valence-corrected chi connectivity index (χ3v) is 6.24. The average Bonchev–Trinajstić information content (AvgIpc) is 2.80. The minimum Gasteiger partial charge on any atom is -0.388 e. The first-order valence-corrected chi connectivity index (χ1v) is 11.0. The van der Waals surface area contributed by atoms with Gasteiger partial charge in [-0.2, -0.15) is 0 Å². The molecule has 154 valence electrons. The van der Waals surface area contributed by atoms with E-state index in [0.29, 0.717) is 0 Å². The molecule has 0 fully saturated rings. The monoisotopic (exact) mass is 417 g/mol. The second-order valence-corrected chi connectivity index (χ2v) is 8.37. The van der Waals surface area contributed by atoms with E-state index in [4.69, 9.17) is 11.6 Å². The molecule has 1 aliphatic heterocycles. The van der Waals surface area contributed by atoms with Gasteiger partial charge in [0, 0.05) is 24.7 Å². The summed E-state index contributed by atoms with van der Waals surface area (Å²) in [5, 5.41) is 11.4. The van der Waals surface area contributed by atoms with Crippen LogP contribution in [0.1, 0.15) is 41.2 Å². The molecule has 0 aliphatic carbocycles. The van der Waals surface area contributed by atoms with Crippen LogP contribution in [0.4, 0.5) is 0 Å². The van der Waals surface area contributed by atoms with Crippen molar-refractivity contribution in [3.05, 3.63) is 112 Å². The van der Waals surface area contributed by atoms with Crippen molar-refractivity contribution in [2.75, 3.05) is 19.6 Å². The molecule has 0 radical (unpaired) electrons. The lowest BCUT2D eigenvalue weighted by molar-refractivity contribution is 0.145. The Morgan fingerprint density at radius 2 is 1.63 bits per heavy atom. The quantitative estimate of drug-likeness (QED) is 0.498. The van der Waals surface area contributed by atoms with Crippen LogP contribution in [0.25, 0.3) is 5.57 Å². The summed E-state index contributed by atoms with van der Waals surface area (Å²) in [6, 6.07) is 26.8. The first-order chi connectivity index (χ1) is 14.7. The zero-order valence-electron chi connectivity index (χ0n) is 17.2. The van der Waals surface area contributed by atoms with Gasteiger partial charge in [0.05, 0.1) is 6.10 Å². The Labute approximate surface area is 184 Å². The number of hydrogen-bond donors (Lipinski definition) is 1. The van der Waals surface area contributed by atoms with E-state index in [2.05, 4.69) is 59.5 Å². The van der Waals surface area contributed by atoms with Gasteiger partial charge in [0.2, 0.25) is 0 Å². The fraction of sp³-hybridized carbons (Fsp3) is 0.259. The van der Waals surface area contributed by atoms with E-state index in [1.165, 1.54) is 16.7 Å². The maximum absolute atomic E-state index is 10.6. The number of hydrogen-bond acceptors (Lipinski definition) is 2. The molecule has 0 bridgehead atoms. The number of aliphatic hydroxyl groups excluding tert-OH is 1. The number of halogens is 1. The van der Waals surface area contributed by atoms with Crippen molar-refractivity contribution < 1.29 is 5.11 Å². The summed E-state index contributed by atoms with van der Waals surface area (Å²) in [5.41, 5.74) is 6.07. The van der Waals surface area contributed by atoms with Gasteiger partial charge in [-0.3, -0.25) is 4.90 Å². The molecule has 0 saturated heterocycles. The average molecular weight is 418 g/mol. The van der Waals surface area contributed by atoms with E-state index in [0.717, 1.165) is 55.0 Å². The highest BCUT2D eigenvalue weighted by atomic mass is 35.5. The molecule has 1 N–H and O–H groups in total. The number of aliphatic hydroxyl groups is 1. The number of rotatable bonds is 7. The molecule has 0 aromatic heterocycles. The predicted molar refractivity (Wildman–Crippen MR) is 126 cm³/mol. The Bertz CT molecular complexity index is 981. The van der Waals surface area contributed by atoms with Crippen LogP contribution in [0.15, 0.2) is 84.9 Å². The molecular formula is C27H28ClNO. The highest BCUT2D eigenvalue weighted by Crippen LogP contribution is 2.24. The van der Waals surface area contributed by atoms with Crippen molar-refractivity contribution in [2.45, 2.75) is 25.4 Å². The zero-order valence-corrected chi connectivity index (χ0v) is 17.9. The van der Waals surface area contributed by atoms with Crippen LogP contribution in [0.5, 0.6) is 0 Å². The van der Waals surface area contributed by atoms with Crippen molar-refractivity contribution in [1.29, 1.82) is 0 Å². The highest BCUT2D eigenvalue weighted by molar-refractivity contribution is 6.31. The highest BCUT2D eigenvalue weighted by Gasteiger charge is 2.15. The van der Waals surface area contributed by atoms with Crippen molar-refractivity contribution in [1.82, 2.24) is 4.90 Å². The molecule has 1 heterocycles. The fourth-order valence-corrected chi connectivity index (χ4v) is 4.22. The van der Waals surface area contributed by atoms with Gasteiger partial charge in [-0.1, -0.05) is 90.5 Å². The third kappa shape index (κ3) is 5.40. The number of benzene rings is 3. The molecule has 0 saturated carbocycles. The van der Waals surface area contributed by atoms with Crippen LogP contribution in [-0.4, -0.2) is 29.6 Å². The van der Waals surface area contributed by atoms with Crippen LogP contribution in [0, 0.1) is 0 Å². The Morgan fingerprint density at radius 1 is 0.900 bits per heavy atom. The van der Waals surface area contributed by atoms with Gasteiger partial charge in [-0.15, -0.1) is 0 Å². The standard InChI is InChI=1S/C27H28ClNO/c28-26-9-5-4-8-25(26)20-21-10-12-24(13-11-21)27(30)16-19-29-17-14-23(15-18-29)22-6-2-1-3-7-22/h1-14,27,30H,15-20H2. The third-order valence-electron chi connectivity index (χ3n) is 5.87. The first-order valence-electron chi connectivity index (χ1n) is 10.7. The van der Waals surface area contributed by atoms with E-state index >= 15 is 0 Å². The summed E-state index contributed by atoms with van der Waals surface area (Å²) < 4.78 is 0. The van der Waals surface area contributed by atoms with Gasteiger partial charge >= 0.3 is 0 Å². The second kappa shape index (κ2) is 10.1. The van der Waals surface area contributed by atoms with Gasteiger partial charge < -0.3 is 5.11 Å². The van der Waals surface area contributed by atoms with Gasteiger partial charge in [0.1, 0.15) is 0 Å². The van der Waals surface area contributed by atoms with Gasteiger partial charge in [0.15, 0.2) is 0 Å². The lowest BCUT2D eigenvalue weighted by Gasteiger charge is -2.27. The van der Waals surface area contributed by atoms with E-state index in [1.54, 1.807) is 0 Å². The van der Waals surface area contributed by atoms with Gasteiger partial charge in [0.25, 0.3) is 0 Å². The van der Waals surface area contributed by atoms with Crippen molar-refractivity contribution >= 4 is 17.2 Å². The molecule has 30 heavy (non-hydrogen) atoms. The lowest BCUT2D eigenvalue weighted by atomic mass is 9.98. The normalized spacial score (nSPS) is 15.6. The Kier molecular flexibility index (Phi) is 7.01. The molecule has 1 unspecified atom stereocenters. The smallest absolute Gasteiger partial charge is 0.0802 e. The molecular weight excluding hydrogens is 390 g/mol. The molecule has 3 aromatic rings. The van der Waals surface area contributed by atoms with E-state index < -0.39 is 6.10 Å². The van der Waals surface area contributed by atoms with Crippen molar-refractivity contribution in [3.63, 3.8) is 0 Å². The van der Waals surface area contributed by atoms with Crippen LogP contribution in [0.3, 0.4) is 0 Å². The Hall–Kier alpha value is -2.39. The van der Waals surface area contributed by atoms with E-state index in [9.17, 15) is 5.11 Å². The number of nitrogens with zero attached hydrogens (tertiary/aromatic N) is 1. The minimum absolute atomic E-state index is 0.432. The molecule has 0 amide bonds. The second-order valence-electron chi connectivity index (χ2n) is 7.96. The molecule has 1 atom stereocenters. The minimum atomic E-state index is -0.432. The summed E-state index contributed by atoms with van der Waals surface area (Å²) in [6.45, 7) is 2.90. The zero-order chi connectivity index (χ0) is 20.8. The maximum atomic E-state index is 10.6. The molecule has 3 aromatic carbocycles. The van der Waals surface area contributed by atoms with Gasteiger partial charge in [-0.25, -0.2) is 0 Å². The molecule has 1 aliphatic rings. The topological polar surface area (TPSA) is 23.5 Å². The van der Waals surface area contributed by atoms with Crippen molar-refractivity contribution in [3.8, 4) is 0 Å². The lowest BCUT2D eigenvalue weighted by Crippen LogP contribution is -2.30. The summed E-state index contributed by atoms with van der Waals surface area (Å²) in [6.07, 6.45) is 4.52. The van der Waals surface area contributed by atoms with E-state index in [-0.39, 0.29) is 0 Å². The summed E-state index contributed by atoms with van der Waals surface area (Å²) in [5.74, 6) is 0. The largest absolute Gasteiger partial charge is 0.388 e. The predicted octanol–water partition coefficient (Wildman–Crippen LogP) is 6.14. The summed E-state index contributed by atoms with van der Waals surface area (Å²) in [4.78, 5) is 2.42. The molecule has 4 rings (SSSR count). The van der Waals surface area contributed by atoms with Crippen LogP contribution >= 0.6 is 11.6 Å². The molecule has 0 spiro atoms. The first kappa shape index (κ1) is 20.9. The maximum Gasteiger partial charge on any atom is 0.0802 e. The molecule has 3 heteroatoms. The van der Waals surface area contributed by atoms with Crippen LogP contribution in [-0.2, 0) is 6.42 Å². The Morgan fingerprint density at radius 3 is 2.33 bits per heavy atom. The summed E-state index contributed by atoms with van der Waals surface area (Å²) >= 11 is 6.27. The Balaban J connectivity index is 1.28. The SMILES string of the molecule is OC(CCN1CC=C(c2ccccc2)CC1)c1ccc(Cc2ccccc2Cl)cc1. The van der Waals surface area contributed by atoms with E-state index in [1.807, 2.05) is 30.3 Å².